The Hall–Kier alpha value is -0.260. The lowest BCUT2D eigenvalue weighted by molar-refractivity contribution is -0.0993. The van der Waals surface area contributed by atoms with E-state index >= 15 is 0 Å². The van der Waals surface area contributed by atoms with Crippen LogP contribution in [-0.2, 0) is 0 Å². The van der Waals surface area contributed by atoms with E-state index in [2.05, 4.69) is 40.3 Å². The molecule has 0 saturated heterocycles. The molecule has 0 nitrogen and oxygen atoms in total. The Balaban J connectivity index is 0.00000169. The summed E-state index contributed by atoms with van der Waals surface area (Å²) in [6.07, 6.45) is 18.2. The monoisotopic (exact) mass is 348 g/mol. The van der Waals surface area contributed by atoms with Gasteiger partial charge in [0.15, 0.2) is 0 Å². The van der Waals surface area contributed by atoms with Gasteiger partial charge in [0.1, 0.15) is 0 Å². The van der Waals surface area contributed by atoms with Crippen molar-refractivity contribution < 1.29 is 1.43 Å². The van der Waals surface area contributed by atoms with Crippen molar-refractivity contribution in [3.05, 3.63) is 12.7 Å². The molecule has 3 rings (SSSR count). The molecule has 148 valence electrons. The summed E-state index contributed by atoms with van der Waals surface area (Å²) in [6.45, 7) is 14.2. The largest absolute Gasteiger partial charge is 0.103 e. The van der Waals surface area contributed by atoms with E-state index < -0.39 is 0 Å². The molecule has 0 aromatic carbocycles. The van der Waals surface area contributed by atoms with Gasteiger partial charge >= 0.3 is 0 Å². The number of hydrogen-bond donors (Lipinski definition) is 0. The molecule has 0 bridgehead atoms. The summed E-state index contributed by atoms with van der Waals surface area (Å²) in [5.41, 5.74) is 1.26. The summed E-state index contributed by atoms with van der Waals surface area (Å²) in [5, 5.41) is 0. The first-order valence-electron chi connectivity index (χ1n) is 11.1. The molecule has 0 aliphatic heterocycles. The van der Waals surface area contributed by atoms with E-state index in [0.717, 1.165) is 29.6 Å². The molecule has 0 N–H and O–H groups in total. The van der Waals surface area contributed by atoms with Crippen LogP contribution in [0, 0.1) is 40.4 Å². The minimum absolute atomic E-state index is 0. The van der Waals surface area contributed by atoms with Gasteiger partial charge in [-0.3, -0.25) is 0 Å². The lowest BCUT2D eigenvalue weighted by atomic mass is 9.46. The second-order valence-electron chi connectivity index (χ2n) is 10.0. The Kier molecular flexibility index (Phi) is 6.89. The Bertz CT molecular complexity index is 443. The highest BCUT2D eigenvalue weighted by Gasteiger charge is 2.58. The molecule has 25 heavy (non-hydrogen) atoms. The highest BCUT2D eigenvalue weighted by atomic mass is 14.6. The van der Waals surface area contributed by atoms with Crippen molar-refractivity contribution in [3.8, 4) is 0 Å². The van der Waals surface area contributed by atoms with Crippen molar-refractivity contribution >= 4 is 0 Å². The van der Waals surface area contributed by atoms with Crippen LogP contribution < -0.4 is 0 Å². The van der Waals surface area contributed by atoms with E-state index in [0.29, 0.717) is 10.8 Å². The summed E-state index contributed by atoms with van der Waals surface area (Å²) in [7, 11) is 0. The normalized spacial score (nSPS) is 46.0. The van der Waals surface area contributed by atoms with Crippen LogP contribution in [0.5, 0.6) is 0 Å². The molecular weight excluding hydrogens is 300 g/mol. The van der Waals surface area contributed by atoms with Gasteiger partial charge in [-0.1, -0.05) is 60.5 Å². The fourth-order valence-electron chi connectivity index (χ4n) is 7.98. The zero-order chi connectivity index (χ0) is 17.4. The Labute approximate surface area is 160 Å². The van der Waals surface area contributed by atoms with Crippen LogP contribution >= 0.6 is 0 Å². The highest BCUT2D eigenvalue weighted by Crippen LogP contribution is 2.67. The standard InChI is InChI=1S/C24H42.CH4.H2/c1-6-9-18-11-13-20-21-14-12-19(10-7-2)24(21,5)17-15-22(20)23(18,4)16-8-3;;/h6,18-22H,1,7-17H2,2-5H3;1H4;1H. The summed E-state index contributed by atoms with van der Waals surface area (Å²) < 4.78 is 0. The zero-order valence-corrected chi connectivity index (χ0v) is 16.9. The van der Waals surface area contributed by atoms with Crippen LogP contribution in [0.1, 0.15) is 107 Å². The quantitative estimate of drug-likeness (QED) is 0.422. The molecule has 0 spiro atoms. The molecule has 0 amide bonds. The molecule has 0 radical (unpaired) electrons. The third kappa shape index (κ3) is 3.37. The number of fused-ring (bicyclic) bond motifs is 3. The maximum Gasteiger partial charge on any atom is 0 e. The van der Waals surface area contributed by atoms with Crippen molar-refractivity contribution in [1.29, 1.82) is 0 Å². The molecule has 3 fully saturated rings. The van der Waals surface area contributed by atoms with Crippen LogP contribution in [0.15, 0.2) is 12.7 Å². The van der Waals surface area contributed by atoms with Crippen LogP contribution in [0.2, 0.25) is 0 Å². The van der Waals surface area contributed by atoms with Gasteiger partial charge in [0.25, 0.3) is 0 Å². The minimum Gasteiger partial charge on any atom is -0.103 e. The van der Waals surface area contributed by atoms with Crippen molar-refractivity contribution in [1.82, 2.24) is 0 Å². The van der Waals surface area contributed by atoms with E-state index in [1.54, 1.807) is 0 Å². The molecule has 0 heterocycles. The zero-order valence-electron chi connectivity index (χ0n) is 16.9. The topological polar surface area (TPSA) is 0 Å². The second-order valence-corrected chi connectivity index (χ2v) is 10.0. The smallest absolute Gasteiger partial charge is 0 e. The molecular formula is C25H48. The molecule has 0 aromatic rings. The number of hydrogen-bond acceptors (Lipinski definition) is 0. The highest BCUT2D eigenvalue weighted by molar-refractivity contribution is 5.08. The maximum atomic E-state index is 4.08. The lowest BCUT2D eigenvalue weighted by Crippen LogP contribution is -2.51. The van der Waals surface area contributed by atoms with Crippen LogP contribution in [0.3, 0.4) is 0 Å². The van der Waals surface area contributed by atoms with E-state index in [1.807, 2.05) is 0 Å². The summed E-state index contributed by atoms with van der Waals surface area (Å²) in [4.78, 5) is 0. The van der Waals surface area contributed by atoms with Crippen molar-refractivity contribution in [2.24, 2.45) is 40.4 Å². The fourth-order valence-corrected chi connectivity index (χ4v) is 7.98. The Morgan fingerprint density at radius 2 is 1.68 bits per heavy atom. The molecule has 3 aliphatic carbocycles. The van der Waals surface area contributed by atoms with Gasteiger partial charge < -0.3 is 0 Å². The predicted molar refractivity (Wildman–Crippen MR) is 115 cm³/mol. The number of rotatable bonds is 6. The fraction of sp³-hybridized carbons (Fsp3) is 0.920. The third-order valence-corrected chi connectivity index (χ3v) is 9.14. The van der Waals surface area contributed by atoms with Gasteiger partial charge in [-0.25, -0.2) is 0 Å². The first kappa shape index (κ1) is 21.0. The van der Waals surface area contributed by atoms with E-state index in [1.165, 1.54) is 70.6 Å². The number of allylic oxidation sites excluding steroid dienone is 1. The van der Waals surface area contributed by atoms with Crippen LogP contribution in [0.4, 0.5) is 0 Å². The molecule has 3 aliphatic rings. The first-order chi connectivity index (χ1) is 11.5. The lowest BCUT2D eigenvalue weighted by Gasteiger charge is -2.59. The molecule has 7 unspecified atom stereocenters. The van der Waals surface area contributed by atoms with Crippen molar-refractivity contribution in [2.45, 2.75) is 106 Å². The maximum absolute atomic E-state index is 4.08. The second kappa shape index (κ2) is 8.18. The third-order valence-electron chi connectivity index (χ3n) is 9.14. The Morgan fingerprint density at radius 3 is 2.32 bits per heavy atom. The molecule has 0 heteroatoms. The summed E-state index contributed by atoms with van der Waals surface area (Å²) >= 11 is 0. The minimum atomic E-state index is 0. The van der Waals surface area contributed by atoms with E-state index in [4.69, 9.17) is 0 Å². The SMILES string of the molecule is C.C=CCC1CCC2C(CCC3(C)C(CCC)CCC23)C1(C)CCC.[HH]. The van der Waals surface area contributed by atoms with Gasteiger partial charge in [-0.2, -0.15) is 0 Å². The molecule has 0 aromatic heterocycles. The van der Waals surface area contributed by atoms with Gasteiger partial charge in [-0.15, -0.1) is 6.58 Å². The molecule has 3 saturated carbocycles. The van der Waals surface area contributed by atoms with Gasteiger partial charge in [0, 0.05) is 1.43 Å². The van der Waals surface area contributed by atoms with Crippen LogP contribution in [-0.4, -0.2) is 0 Å². The first-order valence-corrected chi connectivity index (χ1v) is 11.1. The van der Waals surface area contributed by atoms with Gasteiger partial charge in [0.2, 0.25) is 0 Å². The molecule has 7 atom stereocenters. The predicted octanol–water partition coefficient (Wildman–Crippen LogP) is 8.52. The van der Waals surface area contributed by atoms with Crippen molar-refractivity contribution in [3.63, 3.8) is 0 Å². The van der Waals surface area contributed by atoms with Gasteiger partial charge in [0.05, 0.1) is 0 Å². The van der Waals surface area contributed by atoms with E-state index in [9.17, 15) is 0 Å². The average molecular weight is 349 g/mol. The Morgan fingerprint density at radius 1 is 0.960 bits per heavy atom. The average Bonchev–Trinajstić information content (AvgIpc) is 2.88. The summed E-state index contributed by atoms with van der Waals surface area (Å²) in [6, 6.07) is 0. The van der Waals surface area contributed by atoms with Crippen molar-refractivity contribution in [2.75, 3.05) is 0 Å². The summed E-state index contributed by atoms with van der Waals surface area (Å²) in [5.74, 6) is 4.98. The van der Waals surface area contributed by atoms with E-state index in [-0.39, 0.29) is 8.85 Å². The van der Waals surface area contributed by atoms with Crippen LogP contribution in [0.25, 0.3) is 0 Å². The van der Waals surface area contributed by atoms with Gasteiger partial charge in [-0.05, 0) is 91.8 Å².